The molecule has 1 aromatic carbocycles. The van der Waals surface area contributed by atoms with Gasteiger partial charge in [-0.05, 0) is 31.2 Å². The van der Waals surface area contributed by atoms with Gasteiger partial charge in [-0.2, -0.15) is 5.10 Å². The van der Waals surface area contributed by atoms with Crippen LogP contribution >= 0.6 is 0 Å². The molecule has 19 heavy (non-hydrogen) atoms. The van der Waals surface area contributed by atoms with Crippen molar-refractivity contribution in [2.24, 2.45) is 5.10 Å². The normalized spacial score (nSPS) is 10.6. The SMILES string of the molecule is Cc1ccc(NCC(=O)NN=Cc2ccco2)cc1. The van der Waals surface area contributed by atoms with Gasteiger partial charge in [0, 0.05) is 5.69 Å². The Hall–Kier alpha value is -2.56. The summed E-state index contributed by atoms with van der Waals surface area (Å²) >= 11 is 0. The van der Waals surface area contributed by atoms with Gasteiger partial charge in [0.15, 0.2) is 0 Å². The van der Waals surface area contributed by atoms with Crippen LogP contribution in [-0.2, 0) is 4.79 Å². The van der Waals surface area contributed by atoms with Crippen molar-refractivity contribution < 1.29 is 9.21 Å². The molecule has 0 spiro atoms. The van der Waals surface area contributed by atoms with E-state index in [2.05, 4.69) is 15.8 Å². The summed E-state index contributed by atoms with van der Waals surface area (Å²) in [5, 5.41) is 6.79. The van der Waals surface area contributed by atoms with E-state index >= 15 is 0 Å². The highest BCUT2D eigenvalue weighted by Crippen LogP contribution is 2.07. The maximum Gasteiger partial charge on any atom is 0.259 e. The predicted molar refractivity (Wildman–Crippen MR) is 74.1 cm³/mol. The van der Waals surface area contributed by atoms with Gasteiger partial charge in [0.05, 0.1) is 19.0 Å². The molecule has 0 aliphatic carbocycles. The van der Waals surface area contributed by atoms with Crippen molar-refractivity contribution in [1.82, 2.24) is 5.43 Å². The number of nitrogens with one attached hydrogen (secondary N) is 2. The first-order valence-electron chi connectivity index (χ1n) is 5.90. The minimum Gasteiger partial charge on any atom is -0.463 e. The molecule has 2 aromatic rings. The Morgan fingerprint density at radius 2 is 2.11 bits per heavy atom. The van der Waals surface area contributed by atoms with Gasteiger partial charge in [0.2, 0.25) is 0 Å². The molecule has 2 rings (SSSR count). The van der Waals surface area contributed by atoms with Crippen LogP contribution in [0.3, 0.4) is 0 Å². The summed E-state index contributed by atoms with van der Waals surface area (Å²) in [7, 11) is 0. The molecule has 1 heterocycles. The van der Waals surface area contributed by atoms with Crippen LogP contribution in [-0.4, -0.2) is 18.7 Å². The van der Waals surface area contributed by atoms with Gasteiger partial charge in [-0.15, -0.1) is 0 Å². The second-order valence-electron chi connectivity index (χ2n) is 4.03. The molecule has 5 heteroatoms. The van der Waals surface area contributed by atoms with Crippen LogP contribution in [0.4, 0.5) is 5.69 Å². The summed E-state index contributed by atoms with van der Waals surface area (Å²) < 4.78 is 5.04. The standard InChI is InChI=1S/C14H15N3O2/c1-11-4-6-12(7-5-11)15-10-14(18)17-16-9-13-3-2-8-19-13/h2-9,15H,10H2,1H3,(H,17,18). The Kier molecular flexibility index (Phi) is 4.34. The number of anilines is 1. The van der Waals surface area contributed by atoms with E-state index in [9.17, 15) is 4.79 Å². The largest absolute Gasteiger partial charge is 0.463 e. The first-order chi connectivity index (χ1) is 9.24. The summed E-state index contributed by atoms with van der Waals surface area (Å²) in [6.45, 7) is 2.18. The van der Waals surface area contributed by atoms with Gasteiger partial charge in [-0.1, -0.05) is 17.7 Å². The van der Waals surface area contributed by atoms with E-state index in [-0.39, 0.29) is 12.5 Å². The van der Waals surface area contributed by atoms with Crippen molar-refractivity contribution in [2.75, 3.05) is 11.9 Å². The summed E-state index contributed by atoms with van der Waals surface area (Å²) in [6, 6.07) is 11.3. The highest BCUT2D eigenvalue weighted by atomic mass is 16.3. The lowest BCUT2D eigenvalue weighted by atomic mass is 10.2. The fourth-order valence-corrected chi connectivity index (χ4v) is 1.43. The molecule has 0 aliphatic rings. The number of nitrogens with zero attached hydrogens (tertiary/aromatic N) is 1. The van der Waals surface area contributed by atoms with Crippen molar-refractivity contribution in [2.45, 2.75) is 6.92 Å². The second-order valence-corrected chi connectivity index (χ2v) is 4.03. The quantitative estimate of drug-likeness (QED) is 0.637. The third kappa shape index (κ3) is 4.31. The molecule has 2 N–H and O–H groups in total. The zero-order valence-corrected chi connectivity index (χ0v) is 10.6. The fourth-order valence-electron chi connectivity index (χ4n) is 1.43. The average Bonchev–Trinajstić information content (AvgIpc) is 2.91. The number of carbonyl (C=O) groups excluding carboxylic acids is 1. The summed E-state index contributed by atoms with van der Waals surface area (Å²) in [5.41, 5.74) is 4.49. The molecule has 0 saturated heterocycles. The second kappa shape index (κ2) is 6.39. The fraction of sp³-hybridized carbons (Fsp3) is 0.143. The molecule has 1 aromatic heterocycles. The van der Waals surface area contributed by atoms with Gasteiger partial charge in [0.25, 0.3) is 5.91 Å². The minimum atomic E-state index is -0.219. The average molecular weight is 257 g/mol. The Balaban J connectivity index is 1.74. The van der Waals surface area contributed by atoms with Crippen LogP contribution in [0, 0.1) is 6.92 Å². The molecule has 0 fully saturated rings. The zero-order valence-electron chi connectivity index (χ0n) is 10.6. The smallest absolute Gasteiger partial charge is 0.259 e. The number of benzene rings is 1. The van der Waals surface area contributed by atoms with Crippen molar-refractivity contribution in [3.05, 3.63) is 54.0 Å². The van der Waals surface area contributed by atoms with Crippen molar-refractivity contribution in [1.29, 1.82) is 0 Å². The number of hydrogen-bond acceptors (Lipinski definition) is 4. The van der Waals surface area contributed by atoms with Crippen LogP contribution in [0.1, 0.15) is 11.3 Å². The summed E-state index contributed by atoms with van der Waals surface area (Å²) in [5.74, 6) is 0.371. The molecule has 5 nitrogen and oxygen atoms in total. The van der Waals surface area contributed by atoms with Gasteiger partial charge in [0.1, 0.15) is 5.76 Å². The molecule has 0 unspecified atom stereocenters. The Morgan fingerprint density at radius 1 is 1.32 bits per heavy atom. The summed E-state index contributed by atoms with van der Waals surface area (Å²) in [4.78, 5) is 11.5. The third-order valence-electron chi connectivity index (χ3n) is 2.43. The Morgan fingerprint density at radius 3 is 2.79 bits per heavy atom. The Labute approximate surface area is 111 Å². The number of furan rings is 1. The number of hydrogen-bond donors (Lipinski definition) is 2. The van der Waals surface area contributed by atoms with E-state index in [1.54, 1.807) is 18.4 Å². The molecule has 0 bridgehead atoms. The van der Waals surface area contributed by atoms with Gasteiger partial charge < -0.3 is 9.73 Å². The molecule has 0 radical (unpaired) electrons. The van der Waals surface area contributed by atoms with E-state index < -0.39 is 0 Å². The van der Waals surface area contributed by atoms with Gasteiger partial charge >= 0.3 is 0 Å². The predicted octanol–water partition coefficient (Wildman–Crippen LogP) is 2.15. The van der Waals surface area contributed by atoms with Crippen molar-refractivity contribution in [3.63, 3.8) is 0 Å². The van der Waals surface area contributed by atoms with Crippen LogP contribution in [0.15, 0.2) is 52.2 Å². The lowest BCUT2D eigenvalue weighted by Gasteiger charge is -2.05. The number of rotatable bonds is 5. The first kappa shape index (κ1) is 12.9. The lowest BCUT2D eigenvalue weighted by molar-refractivity contribution is -0.119. The molecule has 0 atom stereocenters. The van der Waals surface area contributed by atoms with E-state index in [0.29, 0.717) is 5.76 Å². The van der Waals surface area contributed by atoms with E-state index in [4.69, 9.17) is 4.42 Å². The number of aryl methyl sites for hydroxylation is 1. The maximum atomic E-state index is 11.5. The van der Waals surface area contributed by atoms with Crippen LogP contribution in [0.25, 0.3) is 0 Å². The monoisotopic (exact) mass is 257 g/mol. The topological polar surface area (TPSA) is 66.6 Å². The number of amides is 1. The highest BCUT2D eigenvalue weighted by molar-refractivity contribution is 5.83. The number of hydrazone groups is 1. The maximum absolute atomic E-state index is 11.5. The van der Waals surface area contributed by atoms with Crippen LogP contribution in [0.2, 0.25) is 0 Å². The van der Waals surface area contributed by atoms with E-state index in [1.165, 1.54) is 11.8 Å². The minimum absolute atomic E-state index is 0.165. The van der Waals surface area contributed by atoms with Gasteiger partial charge in [-0.3, -0.25) is 4.79 Å². The zero-order chi connectivity index (χ0) is 13.5. The van der Waals surface area contributed by atoms with Crippen molar-refractivity contribution in [3.8, 4) is 0 Å². The Bertz CT molecular complexity index is 545. The van der Waals surface area contributed by atoms with E-state index in [1.807, 2.05) is 31.2 Å². The molecule has 0 aliphatic heterocycles. The van der Waals surface area contributed by atoms with Crippen LogP contribution in [0.5, 0.6) is 0 Å². The molecular weight excluding hydrogens is 242 g/mol. The molecular formula is C14H15N3O2. The first-order valence-corrected chi connectivity index (χ1v) is 5.90. The number of carbonyl (C=O) groups is 1. The lowest BCUT2D eigenvalue weighted by Crippen LogP contribution is -2.25. The van der Waals surface area contributed by atoms with Crippen molar-refractivity contribution >= 4 is 17.8 Å². The summed E-state index contributed by atoms with van der Waals surface area (Å²) in [6.07, 6.45) is 2.99. The molecule has 98 valence electrons. The van der Waals surface area contributed by atoms with Crippen LogP contribution < -0.4 is 10.7 Å². The third-order valence-corrected chi connectivity index (χ3v) is 2.43. The molecule has 1 amide bonds. The van der Waals surface area contributed by atoms with Gasteiger partial charge in [-0.25, -0.2) is 5.43 Å². The molecule has 0 saturated carbocycles. The highest BCUT2D eigenvalue weighted by Gasteiger charge is 1.99. The van der Waals surface area contributed by atoms with E-state index in [0.717, 1.165) is 5.69 Å².